The molecule has 2 aromatic carbocycles. The summed E-state index contributed by atoms with van der Waals surface area (Å²) in [5.41, 5.74) is 4.92. The van der Waals surface area contributed by atoms with Crippen LogP contribution in [-0.4, -0.2) is 24.1 Å². The van der Waals surface area contributed by atoms with E-state index in [4.69, 9.17) is 9.05 Å². The predicted octanol–water partition coefficient (Wildman–Crippen LogP) is 5.92. The molecule has 9 heteroatoms. The summed E-state index contributed by atoms with van der Waals surface area (Å²) in [6.45, 7) is 4.21. The van der Waals surface area contributed by atoms with Gasteiger partial charge >= 0.3 is 7.60 Å². The Morgan fingerprint density at radius 2 is 1.84 bits per heavy atom. The highest BCUT2D eigenvalue weighted by Crippen LogP contribution is 2.51. The zero-order valence-electron chi connectivity index (χ0n) is 17.3. The molecule has 1 aromatic heterocycles. The molecular formula is C22H23N2O4PS2. The standard InChI is InChI=1S/C22H23N2O4PS2/c1-3-27-29(26,28-4-2)14-15-9-11-16(12-10-15)21(25)24-31-22-23-19-13-17-7-5-6-8-18(17)20(19)30-22/h5-12H,3-4,13-14H2,1-2H3,(H,24,25). The van der Waals surface area contributed by atoms with Crippen molar-refractivity contribution in [2.75, 3.05) is 13.2 Å². The summed E-state index contributed by atoms with van der Waals surface area (Å²) in [4.78, 5) is 18.4. The van der Waals surface area contributed by atoms with Crippen LogP contribution in [0.3, 0.4) is 0 Å². The van der Waals surface area contributed by atoms with Crippen molar-refractivity contribution in [1.82, 2.24) is 9.71 Å². The number of carbonyl (C=O) groups excluding carboxylic acids is 1. The molecule has 6 nitrogen and oxygen atoms in total. The molecule has 4 rings (SSSR count). The van der Waals surface area contributed by atoms with Crippen LogP contribution in [-0.2, 0) is 26.2 Å². The lowest BCUT2D eigenvalue weighted by Gasteiger charge is -2.17. The molecule has 31 heavy (non-hydrogen) atoms. The molecule has 1 aliphatic carbocycles. The summed E-state index contributed by atoms with van der Waals surface area (Å²) in [7, 11) is -3.17. The summed E-state index contributed by atoms with van der Waals surface area (Å²) in [5, 5.41) is 0. The number of amides is 1. The van der Waals surface area contributed by atoms with E-state index in [0.29, 0.717) is 18.8 Å². The summed E-state index contributed by atoms with van der Waals surface area (Å²) >= 11 is 2.83. The number of rotatable bonds is 9. The highest BCUT2D eigenvalue weighted by molar-refractivity contribution is 7.99. The van der Waals surface area contributed by atoms with E-state index in [9.17, 15) is 9.36 Å². The maximum absolute atomic E-state index is 12.7. The molecule has 0 fully saturated rings. The third kappa shape index (κ3) is 5.10. The third-order valence-corrected chi connectivity index (χ3v) is 8.81. The molecule has 0 saturated carbocycles. The minimum Gasteiger partial charge on any atom is -0.309 e. The van der Waals surface area contributed by atoms with Crippen LogP contribution in [0, 0.1) is 0 Å². The van der Waals surface area contributed by atoms with E-state index < -0.39 is 7.60 Å². The van der Waals surface area contributed by atoms with Gasteiger partial charge in [0.25, 0.3) is 5.91 Å². The molecule has 0 bridgehead atoms. The highest BCUT2D eigenvalue weighted by atomic mass is 32.2. The molecular weight excluding hydrogens is 451 g/mol. The summed E-state index contributed by atoms with van der Waals surface area (Å²) in [5.74, 6) is -0.204. The minimum absolute atomic E-state index is 0.178. The normalized spacial score (nSPS) is 12.5. The summed E-state index contributed by atoms with van der Waals surface area (Å²) in [6, 6.07) is 15.3. The first kappa shape index (κ1) is 22.2. The van der Waals surface area contributed by atoms with E-state index in [1.54, 1.807) is 49.4 Å². The maximum Gasteiger partial charge on any atom is 0.335 e. The molecule has 0 saturated heterocycles. The van der Waals surface area contributed by atoms with Gasteiger partial charge in [0.05, 0.1) is 29.9 Å². The van der Waals surface area contributed by atoms with Gasteiger partial charge < -0.3 is 9.05 Å². The van der Waals surface area contributed by atoms with Crippen molar-refractivity contribution in [2.24, 2.45) is 0 Å². The van der Waals surface area contributed by atoms with Crippen LogP contribution in [0.25, 0.3) is 10.4 Å². The molecule has 0 radical (unpaired) electrons. The fourth-order valence-corrected chi connectivity index (χ4v) is 7.01. The number of carbonyl (C=O) groups is 1. The van der Waals surface area contributed by atoms with E-state index in [-0.39, 0.29) is 12.1 Å². The summed E-state index contributed by atoms with van der Waals surface area (Å²) in [6.07, 6.45) is 1.02. The van der Waals surface area contributed by atoms with Crippen LogP contribution in [0.4, 0.5) is 0 Å². The van der Waals surface area contributed by atoms with Crippen molar-refractivity contribution in [3.63, 3.8) is 0 Å². The lowest BCUT2D eigenvalue weighted by molar-refractivity contribution is 0.0984. The van der Waals surface area contributed by atoms with Crippen molar-refractivity contribution in [1.29, 1.82) is 0 Å². The Bertz CT molecular complexity index is 1120. The van der Waals surface area contributed by atoms with Gasteiger partial charge in [-0.3, -0.25) is 14.1 Å². The van der Waals surface area contributed by atoms with Crippen molar-refractivity contribution in [2.45, 2.75) is 30.8 Å². The van der Waals surface area contributed by atoms with Crippen molar-refractivity contribution < 1.29 is 18.4 Å². The van der Waals surface area contributed by atoms with Crippen molar-refractivity contribution in [3.05, 3.63) is 70.9 Å². The van der Waals surface area contributed by atoms with Gasteiger partial charge in [0, 0.05) is 23.9 Å². The zero-order chi connectivity index (χ0) is 21.8. The Hall–Kier alpha value is -1.96. The number of nitrogens with one attached hydrogen (secondary N) is 1. The van der Waals surface area contributed by atoms with E-state index in [1.807, 2.05) is 12.1 Å². The largest absolute Gasteiger partial charge is 0.335 e. The van der Waals surface area contributed by atoms with Crippen molar-refractivity contribution in [3.8, 4) is 10.4 Å². The molecule has 0 atom stereocenters. The lowest BCUT2D eigenvalue weighted by atomic mass is 10.1. The van der Waals surface area contributed by atoms with E-state index in [1.165, 1.54) is 28.0 Å². The molecule has 162 valence electrons. The average molecular weight is 475 g/mol. The molecule has 1 aliphatic rings. The Kier molecular flexibility index (Phi) is 6.94. The Balaban J connectivity index is 1.36. The van der Waals surface area contributed by atoms with Crippen molar-refractivity contribution >= 4 is 36.8 Å². The van der Waals surface area contributed by atoms with Crippen LogP contribution in [0.5, 0.6) is 0 Å². The van der Waals surface area contributed by atoms with Gasteiger partial charge in [0.15, 0.2) is 4.34 Å². The summed E-state index contributed by atoms with van der Waals surface area (Å²) < 4.78 is 27.0. The van der Waals surface area contributed by atoms with Gasteiger partial charge in [-0.2, -0.15) is 0 Å². The number of hydrogen-bond acceptors (Lipinski definition) is 7. The van der Waals surface area contributed by atoms with Gasteiger partial charge in [-0.1, -0.05) is 36.4 Å². The second kappa shape index (κ2) is 9.67. The molecule has 1 N–H and O–H groups in total. The number of thiazole rings is 1. The van der Waals surface area contributed by atoms with Gasteiger partial charge in [0.1, 0.15) is 0 Å². The molecule has 0 aliphatic heterocycles. The van der Waals surface area contributed by atoms with Crippen LogP contribution in [0.15, 0.2) is 52.9 Å². The van der Waals surface area contributed by atoms with Gasteiger partial charge in [-0.05, 0) is 42.7 Å². The fraction of sp³-hybridized carbons (Fsp3) is 0.273. The van der Waals surface area contributed by atoms with Crippen LogP contribution in [0.1, 0.15) is 41.0 Å². The first-order valence-electron chi connectivity index (χ1n) is 10.0. The van der Waals surface area contributed by atoms with Gasteiger partial charge in [0.2, 0.25) is 0 Å². The Morgan fingerprint density at radius 1 is 1.13 bits per heavy atom. The van der Waals surface area contributed by atoms with Crippen LogP contribution >= 0.6 is 30.9 Å². The quantitative estimate of drug-likeness (QED) is 0.240. The monoisotopic (exact) mass is 474 g/mol. The molecule has 0 unspecified atom stereocenters. The highest BCUT2D eigenvalue weighted by Gasteiger charge is 2.25. The topological polar surface area (TPSA) is 77.5 Å². The molecule has 3 aromatic rings. The van der Waals surface area contributed by atoms with Gasteiger partial charge in [-0.25, -0.2) is 4.98 Å². The number of fused-ring (bicyclic) bond motifs is 3. The zero-order valence-corrected chi connectivity index (χ0v) is 19.8. The SMILES string of the molecule is CCOP(=O)(Cc1ccc(C(=O)NSc2nc3c(s2)-c2ccccc2C3)cc1)OCC. The molecule has 1 amide bonds. The first-order valence-corrected chi connectivity index (χ1v) is 13.4. The second-order valence-corrected chi connectivity index (χ2v) is 11.0. The predicted molar refractivity (Wildman–Crippen MR) is 125 cm³/mol. The smallest absolute Gasteiger partial charge is 0.309 e. The number of nitrogens with zero attached hydrogens (tertiary/aromatic N) is 1. The van der Waals surface area contributed by atoms with Crippen LogP contribution in [0.2, 0.25) is 0 Å². The molecule has 1 heterocycles. The van der Waals surface area contributed by atoms with E-state index in [0.717, 1.165) is 22.0 Å². The third-order valence-electron chi connectivity index (χ3n) is 4.77. The number of aromatic nitrogens is 1. The van der Waals surface area contributed by atoms with Crippen LogP contribution < -0.4 is 4.72 Å². The fourth-order valence-electron chi connectivity index (χ4n) is 3.44. The second-order valence-electron chi connectivity index (χ2n) is 6.92. The minimum atomic E-state index is -3.17. The average Bonchev–Trinajstić information content (AvgIpc) is 3.30. The number of benzene rings is 2. The lowest BCUT2D eigenvalue weighted by Crippen LogP contribution is -2.15. The Morgan fingerprint density at radius 3 is 2.55 bits per heavy atom. The molecule has 0 spiro atoms. The maximum atomic E-state index is 12.7. The Labute approximate surface area is 190 Å². The first-order chi connectivity index (χ1) is 15.0. The van der Waals surface area contributed by atoms with Gasteiger partial charge in [-0.15, -0.1) is 11.3 Å². The number of hydrogen-bond donors (Lipinski definition) is 1. The van der Waals surface area contributed by atoms with E-state index in [2.05, 4.69) is 21.8 Å². The van der Waals surface area contributed by atoms with E-state index >= 15 is 0 Å².